The Balaban J connectivity index is 1.94. The van der Waals surface area contributed by atoms with Gasteiger partial charge in [0.25, 0.3) is 0 Å². The summed E-state index contributed by atoms with van der Waals surface area (Å²) in [5.41, 5.74) is 0.168. The Morgan fingerprint density at radius 2 is 1.12 bits per heavy atom. The van der Waals surface area contributed by atoms with Crippen LogP contribution in [0.5, 0.6) is 0 Å². The number of aliphatic hydroxyl groups is 8. The lowest BCUT2D eigenvalue weighted by Crippen LogP contribution is -2.63. The molecule has 13 nitrogen and oxygen atoms in total. The van der Waals surface area contributed by atoms with E-state index in [4.69, 9.17) is 23.7 Å². The van der Waals surface area contributed by atoms with Crippen molar-refractivity contribution in [2.24, 2.45) is 0 Å². The Bertz CT molecular complexity index is 694. The van der Waals surface area contributed by atoms with Crippen molar-refractivity contribution in [1.82, 2.24) is 0 Å². The molecule has 0 bridgehead atoms. The maximum Gasteiger partial charge on any atom is 0.316 e. The quantitative estimate of drug-likeness (QED) is 0.168. The van der Waals surface area contributed by atoms with E-state index in [1.807, 2.05) is 0 Å². The molecule has 2 heterocycles. The van der Waals surface area contributed by atoms with Gasteiger partial charge in [0, 0.05) is 12.7 Å². The van der Waals surface area contributed by atoms with Gasteiger partial charge in [0.15, 0.2) is 12.6 Å². The summed E-state index contributed by atoms with van der Waals surface area (Å²) < 4.78 is 27.7. The molecule has 3 rings (SSSR count). The van der Waals surface area contributed by atoms with E-state index in [9.17, 15) is 40.9 Å². The van der Waals surface area contributed by atoms with Crippen LogP contribution in [-0.4, -0.2) is 123 Å². The first-order chi connectivity index (χ1) is 15.7. The summed E-state index contributed by atoms with van der Waals surface area (Å²) in [6.45, 7) is -1.41. The zero-order valence-corrected chi connectivity index (χ0v) is 17.7. The van der Waals surface area contributed by atoms with Crippen LogP contribution in [0.25, 0.3) is 0 Å². The molecule has 0 aromatic heterocycles. The zero-order valence-electron chi connectivity index (χ0n) is 17.7. The average molecular weight is 478 g/mol. The Kier molecular flexibility index (Phi) is 8.74. The van der Waals surface area contributed by atoms with Gasteiger partial charge >= 0.3 is 5.97 Å². The van der Waals surface area contributed by atoms with Crippen molar-refractivity contribution in [2.75, 3.05) is 20.3 Å². The third-order valence-electron chi connectivity index (χ3n) is 5.64. The molecule has 1 aromatic rings. The molecule has 0 aliphatic carbocycles. The van der Waals surface area contributed by atoms with Gasteiger partial charge in [0.2, 0.25) is 0 Å². The first kappa shape index (κ1) is 26.3. The zero-order chi connectivity index (χ0) is 24.3. The number of hydrogen-bond acceptors (Lipinski definition) is 13. The molecule has 0 unspecified atom stereocenters. The van der Waals surface area contributed by atoms with Gasteiger partial charge in [-0.2, -0.15) is 0 Å². The maximum atomic E-state index is 10.4. The van der Waals surface area contributed by atoms with Crippen molar-refractivity contribution < 1.29 is 64.5 Å². The van der Waals surface area contributed by atoms with E-state index >= 15 is 0 Å². The molecular weight excluding hydrogens is 448 g/mol. The topological polar surface area (TPSA) is 208 Å². The monoisotopic (exact) mass is 478 g/mol. The average Bonchev–Trinajstić information content (AvgIpc) is 2.84. The van der Waals surface area contributed by atoms with E-state index in [1.165, 1.54) is 12.1 Å². The minimum atomic E-state index is -2.29. The molecule has 2 aliphatic heterocycles. The number of hydrogen-bond donors (Lipinski definition) is 8. The van der Waals surface area contributed by atoms with Crippen LogP contribution in [0.3, 0.4) is 0 Å². The van der Waals surface area contributed by atoms with Crippen LogP contribution >= 0.6 is 0 Å². The highest BCUT2D eigenvalue weighted by molar-refractivity contribution is 5.19. The highest BCUT2D eigenvalue weighted by atomic mass is 16.9. The van der Waals surface area contributed by atoms with Gasteiger partial charge in [-0.3, -0.25) is 9.47 Å². The summed E-state index contributed by atoms with van der Waals surface area (Å²) in [4.78, 5) is 0. The molecule has 0 radical (unpaired) electrons. The molecule has 2 aliphatic rings. The van der Waals surface area contributed by atoms with Crippen LogP contribution in [-0.2, 0) is 29.7 Å². The molecule has 13 heteroatoms. The molecule has 8 N–H and O–H groups in total. The first-order valence-corrected chi connectivity index (χ1v) is 10.3. The Labute approximate surface area is 188 Å². The van der Waals surface area contributed by atoms with Crippen LogP contribution in [0.15, 0.2) is 30.3 Å². The summed E-state index contributed by atoms with van der Waals surface area (Å²) in [5.74, 6) is -2.29. The largest absolute Gasteiger partial charge is 0.394 e. The molecule has 2 saturated heterocycles. The van der Waals surface area contributed by atoms with Crippen LogP contribution < -0.4 is 0 Å². The van der Waals surface area contributed by atoms with Gasteiger partial charge in [-0.25, -0.2) is 0 Å². The van der Waals surface area contributed by atoms with Gasteiger partial charge in [0.05, 0.1) is 13.2 Å². The van der Waals surface area contributed by atoms with Crippen molar-refractivity contribution in [2.45, 2.75) is 67.4 Å². The minimum absolute atomic E-state index is 0.168. The van der Waals surface area contributed by atoms with E-state index in [1.54, 1.807) is 18.2 Å². The lowest BCUT2D eigenvalue weighted by Gasteiger charge is -2.46. The summed E-state index contributed by atoms with van der Waals surface area (Å²) >= 11 is 0. The van der Waals surface area contributed by atoms with Gasteiger partial charge in [0.1, 0.15) is 48.8 Å². The Hall–Kier alpha value is -1.30. The van der Waals surface area contributed by atoms with E-state index in [2.05, 4.69) is 0 Å². The van der Waals surface area contributed by atoms with Crippen molar-refractivity contribution >= 4 is 0 Å². The fourth-order valence-electron chi connectivity index (χ4n) is 3.66. The number of ether oxygens (including phenoxy) is 5. The molecule has 10 atom stereocenters. The lowest BCUT2D eigenvalue weighted by atomic mass is 9.99. The Morgan fingerprint density at radius 3 is 1.48 bits per heavy atom. The molecule has 2 fully saturated rings. The predicted molar refractivity (Wildman–Crippen MR) is 105 cm³/mol. The lowest BCUT2D eigenvalue weighted by molar-refractivity contribution is -0.486. The molecule has 1 aromatic carbocycles. The highest BCUT2D eigenvalue weighted by Gasteiger charge is 2.53. The summed E-state index contributed by atoms with van der Waals surface area (Å²) in [5, 5.41) is 79.9. The van der Waals surface area contributed by atoms with Gasteiger partial charge in [-0.05, 0) is 0 Å². The molecule has 0 amide bonds. The van der Waals surface area contributed by atoms with E-state index in [0.29, 0.717) is 0 Å². The van der Waals surface area contributed by atoms with Crippen LogP contribution in [0.1, 0.15) is 5.56 Å². The van der Waals surface area contributed by atoms with Crippen LogP contribution in [0.2, 0.25) is 0 Å². The number of rotatable bonds is 8. The van der Waals surface area contributed by atoms with Crippen LogP contribution in [0.4, 0.5) is 0 Å². The maximum absolute atomic E-state index is 10.4. The number of aliphatic hydroxyl groups excluding tert-OH is 8. The first-order valence-electron chi connectivity index (χ1n) is 10.3. The molecular formula is C20H30O13. The smallest absolute Gasteiger partial charge is 0.316 e. The second-order valence-corrected chi connectivity index (χ2v) is 7.76. The van der Waals surface area contributed by atoms with Crippen molar-refractivity contribution in [3.8, 4) is 0 Å². The predicted octanol–water partition coefficient (Wildman–Crippen LogP) is -3.92. The van der Waals surface area contributed by atoms with Gasteiger partial charge < -0.3 is 55.1 Å². The molecule has 33 heavy (non-hydrogen) atoms. The van der Waals surface area contributed by atoms with E-state index in [-0.39, 0.29) is 5.56 Å². The standard InChI is InChI=1S/C20H30O13/c1-29-20(9-5-3-2-4-6-9,32-18-16(27)14(25)12(23)10(7-21)30-18)33-19-17(28)15(26)13(24)11(8-22)31-19/h2-6,10-19,21-28H,7-8H2,1H3/t10-,11-,12-,13-,14+,15+,16-,17-,18-,19-/m1/s1. The molecule has 188 valence electrons. The molecule has 0 saturated carbocycles. The third kappa shape index (κ3) is 5.21. The summed E-state index contributed by atoms with van der Waals surface area (Å²) in [6, 6.07) is 7.85. The fraction of sp³-hybridized carbons (Fsp3) is 0.700. The van der Waals surface area contributed by atoms with E-state index in [0.717, 1.165) is 7.11 Å². The number of methoxy groups -OCH3 is 1. The van der Waals surface area contributed by atoms with Gasteiger partial charge in [-0.15, -0.1) is 0 Å². The van der Waals surface area contributed by atoms with Gasteiger partial charge in [-0.1, -0.05) is 30.3 Å². The van der Waals surface area contributed by atoms with E-state index < -0.39 is 80.6 Å². The summed E-state index contributed by atoms with van der Waals surface area (Å²) in [7, 11) is 1.15. The number of benzene rings is 1. The second-order valence-electron chi connectivity index (χ2n) is 7.76. The van der Waals surface area contributed by atoms with Crippen molar-refractivity contribution in [3.63, 3.8) is 0 Å². The fourth-order valence-corrected chi connectivity index (χ4v) is 3.66. The minimum Gasteiger partial charge on any atom is -0.394 e. The van der Waals surface area contributed by atoms with Crippen LogP contribution in [0, 0.1) is 0 Å². The molecule has 0 spiro atoms. The summed E-state index contributed by atoms with van der Waals surface area (Å²) in [6.07, 6.45) is -16.4. The van der Waals surface area contributed by atoms with Crippen molar-refractivity contribution in [3.05, 3.63) is 35.9 Å². The van der Waals surface area contributed by atoms with Crippen molar-refractivity contribution in [1.29, 1.82) is 0 Å². The second kappa shape index (κ2) is 11.0. The highest BCUT2D eigenvalue weighted by Crippen LogP contribution is 2.37. The third-order valence-corrected chi connectivity index (χ3v) is 5.64. The normalized spacial score (nSPS) is 40.0. The Morgan fingerprint density at radius 1 is 0.697 bits per heavy atom. The SMILES string of the molecule is COC(O[C@H]1O[C@H](CO)[C@@H](O)[C@H](O)[C@H]1O)(O[C@H]1O[C@H](CO)[C@@H](O)[C@H](O)[C@H]1O)c1ccccc1.